The number of H-pyrrole nitrogens is 1. The maximum absolute atomic E-state index is 8.46. The predicted molar refractivity (Wildman–Crippen MR) is 156 cm³/mol. The van der Waals surface area contributed by atoms with Crippen LogP contribution in [-0.4, -0.2) is 58.4 Å². The highest BCUT2D eigenvalue weighted by Crippen LogP contribution is 2.58. The average molecular weight is 529 g/mol. The average Bonchev–Trinajstić information content (AvgIpc) is 3.77. The molecule has 8 heteroatoms. The van der Waals surface area contributed by atoms with Gasteiger partial charge in [0.1, 0.15) is 11.2 Å². The topological polar surface area (TPSA) is 88.9 Å². The van der Waals surface area contributed by atoms with E-state index in [4.69, 9.17) is 10.4 Å². The molecule has 3 fully saturated rings. The van der Waals surface area contributed by atoms with E-state index in [1.165, 1.54) is 36.0 Å². The monoisotopic (exact) mass is 528 g/mol. The van der Waals surface area contributed by atoms with Crippen LogP contribution in [0.5, 0.6) is 0 Å². The molecule has 2 aromatic carbocycles. The number of benzene rings is 2. The fourth-order valence-corrected chi connectivity index (χ4v) is 8.39. The molecule has 2 bridgehead atoms. The Kier molecular flexibility index (Phi) is 6.44. The Bertz CT molecular complexity index is 1330. The van der Waals surface area contributed by atoms with Gasteiger partial charge in [-0.1, -0.05) is 36.4 Å². The lowest BCUT2D eigenvalue weighted by molar-refractivity contribution is 0.716. The van der Waals surface area contributed by atoms with Gasteiger partial charge < -0.3 is 10.3 Å². The van der Waals surface area contributed by atoms with Crippen molar-refractivity contribution < 1.29 is 0 Å². The van der Waals surface area contributed by atoms with Crippen LogP contribution in [0.25, 0.3) is 22.4 Å². The summed E-state index contributed by atoms with van der Waals surface area (Å²) in [4.78, 5) is 12.9. The molecule has 0 spiro atoms. The van der Waals surface area contributed by atoms with Crippen molar-refractivity contribution in [1.29, 1.82) is 5.41 Å². The Labute approximate surface area is 226 Å². The molecule has 7 rings (SSSR count). The lowest BCUT2D eigenvalue weighted by Gasteiger charge is -2.22. The van der Waals surface area contributed by atoms with Crippen LogP contribution in [-0.2, 0) is 0 Å². The van der Waals surface area contributed by atoms with Gasteiger partial charge in [0, 0.05) is 41.9 Å². The summed E-state index contributed by atoms with van der Waals surface area (Å²) in [6, 6.07) is 13.1. The summed E-state index contributed by atoms with van der Waals surface area (Å²) in [5, 5.41) is 16.1. The molecule has 2 aliphatic carbocycles. The smallest absolute Gasteiger partial charge is 0.134 e. The molecule has 37 heavy (non-hydrogen) atoms. The lowest BCUT2D eigenvalue weighted by atomic mass is 9.82. The van der Waals surface area contributed by atoms with E-state index in [9.17, 15) is 0 Å². The SMILES string of the molecule is N=C(C=NCC1NCCS1)c1ccc(-c2ccc(-c3cnc(C4NCCS4)[nH]3)c3c2C2CCC3C2)cc1. The van der Waals surface area contributed by atoms with Crippen molar-refractivity contribution in [3.63, 3.8) is 0 Å². The van der Waals surface area contributed by atoms with E-state index in [-0.39, 0.29) is 5.37 Å². The van der Waals surface area contributed by atoms with E-state index in [0.29, 0.717) is 22.9 Å². The van der Waals surface area contributed by atoms with Crippen LogP contribution in [0.3, 0.4) is 0 Å². The molecule has 1 aromatic heterocycles. The van der Waals surface area contributed by atoms with Crippen LogP contribution in [0.1, 0.15) is 59.0 Å². The second-order valence-electron chi connectivity index (χ2n) is 10.4. The Morgan fingerprint density at radius 3 is 2.49 bits per heavy atom. The van der Waals surface area contributed by atoms with Crippen LogP contribution in [0, 0.1) is 5.41 Å². The highest BCUT2D eigenvalue weighted by Gasteiger charge is 2.40. The molecule has 4 N–H and O–H groups in total. The molecule has 2 saturated heterocycles. The van der Waals surface area contributed by atoms with Gasteiger partial charge in [-0.15, -0.1) is 23.5 Å². The molecule has 4 aliphatic rings. The van der Waals surface area contributed by atoms with Crippen molar-refractivity contribution in [2.75, 3.05) is 31.1 Å². The first-order chi connectivity index (χ1) is 18.2. The number of rotatable bonds is 7. The number of aromatic amines is 1. The summed E-state index contributed by atoms with van der Waals surface area (Å²) < 4.78 is 0. The first kappa shape index (κ1) is 23.7. The van der Waals surface area contributed by atoms with Gasteiger partial charge in [-0.3, -0.25) is 15.7 Å². The molecular formula is C29H32N6S2. The van der Waals surface area contributed by atoms with Gasteiger partial charge in [-0.25, -0.2) is 4.98 Å². The molecule has 190 valence electrons. The minimum absolute atomic E-state index is 0.276. The molecule has 4 unspecified atom stereocenters. The maximum atomic E-state index is 8.46. The number of hydrogen-bond donors (Lipinski definition) is 4. The van der Waals surface area contributed by atoms with Crippen LogP contribution >= 0.6 is 23.5 Å². The normalized spacial score (nSPS) is 26.4. The van der Waals surface area contributed by atoms with E-state index in [2.05, 4.69) is 57.0 Å². The van der Waals surface area contributed by atoms with Gasteiger partial charge in [-0.05, 0) is 53.4 Å². The zero-order chi connectivity index (χ0) is 24.8. The third-order valence-electron chi connectivity index (χ3n) is 8.18. The molecular weight excluding hydrogens is 496 g/mol. The van der Waals surface area contributed by atoms with Gasteiger partial charge >= 0.3 is 0 Å². The zero-order valence-corrected chi connectivity index (χ0v) is 22.4. The number of imidazole rings is 1. The van der Waals surface area contributed by atoms with Crippen LogP contribution in [0.15, 0.2) is 47.6 Å². The second kappa shape index (κ2) is 10.1. The van der Waals surface area contributed by atoms with Crippen LogP contribution < -0.4 is 10.6 Å². The fraction of sp³-hybridized carbons (Fsp3) is 0.414. The molecule has 2 aliphatic heterocycles. The number of nitrogens with one attached hydrogen (secondary N) is 4. The Morgan fingerprint density at radius 2 is 1.73 bits per heavy atom. The second-order valence-corrected chi connectivity index (χ2v) is 12.9. The molecule has 3 aromatic rings. The standard InChI is InChI=1S/C29H32N6S2/c30-23(14-31-16-25-32-9-11-36-25)18-3-1-17(2-4-18)21-7-8-22(27-20-6-5-19(13-20)26(21)27)24-15-34-28(35-24)29-33-10-12-37-29/h1-4,7-8,14-15,19-20,25,29-30,32-33H,5-6,9-13,16H2,(H,34,35). The molecule has 6 nitrogen and oxygen atoms in total. The van der Waals surface area contributed by atoms with Gasteiger partial charge in [0.2, 0.25) is 0 Å². The summed E-state index contributed by atoms with van der Waals surface area (Å²) in [5.74, 6) is 4.62. The maximum Gasteiger partial charge on any atom is 0.134 e. The molecule has 0 radical (unpaired) electrons. The van der Waals surface area contributed by atoms with E-state index in [1.807, 2.05) is 29.7 Å². The first-order valence-electron chi connectivity index (χ1n) is 13.4. The van der Waals surface area contributed by atoms with Crippen molar-refractivity contribution in [2.45, 2.75) is 41.8 Å². The van der Waals surface area contributed by atoms with E-state index in [1.54, 1.807) is 17.3 Å². The van der Waals surface area contributed by atoms with E-state index >= 15 is 0 Å². The summed E-state index contributed by atoms with van der Waals surface area (Å²) in [7, 11) is 0. The molecule has 3 heterocycles. The number of fused-ring (bicyclic) bond motifs is 5. The summed E-state index contributed by atoms with van der Waals surface area (Å²) in [6.07, 6.45) is 7.59. The Balaban J connectivity index is 1.15. The fourth-order valence-electron chi connectivity index (χ4n) is 6.46. The number of aliphatic imine (C=N–C) groups is 1. The highest BCUT2D eigenvalue weighted by molar-refractivity contribution is 8.00. The van der Waals surface area contributed by atoms with Crippen LogP contribution in [0.4, 0.5) is 0 Å². The first-order valence-corrected chi connectivity index (χ1v) is 15.5. The zero-order valence-electron chi connectivity index (χ0n) is 20.8. The van der Waals surface area contributed by atoms with E-state index in [0.717, 1.165) is 48.2 Å². The highest BCUT2D eigenvalue weighted by atomic mass is 32.2. The Morgan fingerprint density at radius 1 is 0.973 bits per heavy atom. The predicted octanol–water partition coefficient (Wildman–Crippen LogP) is 5.54. The Hall–Kier alpha value is -2.39. The van der Waals surface area contributed by atoms with Gasteiger partial charge in [0.05, 0.1) is 29.5 Å². The number of aromatic nitrogens is 2. The van der Waals surface area contributed by atoms with Crippen molar-refractivity contribution in [2.24, 2.45) is 4.99 Å². The van der Waals surface area contributed by atoms with Crippen molar-refractivity contribution in [3.05, 3.63) is 65.1 Å². The van der Waals surface area contributed by atoms with Gasteiger partial charge in [0.15, 0.2) is 0 Å². The quantitative estimate of drug-likeness (QED) is 0.302. The minimum atomic E-state index is 0.276. The summed E-state index contributed by atoms with van der Waals surface area (Å²) in [6.45, 7) is 2.82. The van der Waals surface area contributed by atoms with Crippen molar-refractivity contribution in [3.8, 4) is 22.4 Å². The van der Waals surface area contributed by atoms with Crippen LogP contribution in [0.2, 0.25) is 0 Å². The molecule has 4 atom stereocenters. The lowest BCUT2D eigenvalue weighted by Crippen LogP contribution is -2.22. The van der Waals surface area contributed by atoms with E-state index < -0.39 is 0 Å². The summed E-state index contributed by atoms with van der Waals surface area (Å²) in [5.41, 5.74) is 9.55. The van der Waals surface area contributed by atoms with Crippen molar-refractivity contribution in [1.82, 2.24) is 20.6 Å². The minimum Gasteiger partial charge on any atom is -0.340 e. The third-order valence-corrected chi connectivity index (χ3v) is 10.5. The van der Waals surface area contributed by atoms with Gasteiger partial charge in [-0.2, -0.15) is 0 Å². The molecule has 0 amide bonds. The van der Waals surface area contributed by atoms with Crippen molar-refractivity contribution >= 4 is 35.5 Å². The largest absolute Gasteiger partial charge is 0.340 e. The number of thioether (sulfide) groups is 2. The number of hydrogen-bond acceptors (Lipinski definition) is 7. The third kappa shape index (κ3) is 4.48. The van der Waals surface area contributed by atoms with Gasteiger partial charge in [0.25, 0.3) is 0 Å². The summed E-state index contributed by atoms with van der Waals surface area (Å²) >= 11 is 3.83. The molecule has 1 saturated carbocycles. The number of nitrogens with zero attached hydrogens (tertiary/aromatic N) is 2.